The summed E-state index contributed by atoms with van der Waals surface area (Å²) in [6.45, 7) is 0.674. The van der Waals surface area contributed by atoms with Crippen LogP contribution in [0.15, 0.2) is 29.9 Å². The quantitative estimate of drug-likeness (QED) is 0.820. The van der Waals surface area contributed by atoms with Crippen molar-refractivity contribution in [1.82, 2.24) is 15.1 Å². The number of aryl methyl sites for hydroxylation is 1. The number of nitrogens with one attached hydrogen (secondary N) is 1. The zero-order chi connectivity index (χ0) is 13.7. The van der Waals surface area contributed by atoms with Crippen LogP contribution in [0.2, 0.25) is 0 Å². The molecule has 1 unspecified atom stereocenters. The molecule has 2 rings (SSSR count). The molecule has 6 heteroatoms. The van der Waals surface area contributed by atoms with E-state index in [1.807, 2.05) is 37.0 Å². The van der Waals surface area contributed by atoms with Crippen LogP contribution in [0.25, 0.3) is 0 Å². The minimum absolute atomic E-state index is 0.0207. The Bertz CT molecular complexity index is 522. The molecule has 1 N–H and O–H groups in total. The minimum atomic E-state index is -0.211. The van der Waals surface area contributed by atoms with Crippen LogP contribution in [0.4, 0.5) is 0 Å². The lowest BCUT2D eigenvalue weighted by molar-refractivity contribution is -0.141. The summed E-state index contributed by atoms with van der Waals surface area (Å²) in [5, 5.41) is 9.50. The van der Waals surface area contributed by atoms with Gasteiger partial charge >= 0.3 is 5.97 Å². The van der Waals surface area contributed by atoms with Crippen molar-refractivity contribution < 1.29 is 9.53 Å². The molecule has 102 valence electrons. The highest BCUT2D eigenvalue weighted by molar-refractivity contribution is 7.10. The first-order valence-electron chi connectivity index (χ1n) is 6.00. The Morgan fingerprint density at radius 3 is 3.05 bits per heavy atom. The number of methoxy groups -OCH3 is 1. The zero-order valence-electron chi connectivity index (χ0n) is 11.0. The van der Waals surface area contributed by atoms with Crippen LogP contribution in [0.5, 0.6) is 0 Å². The van der Waals surface area contributed by atoms with E-state index in [0.29, 0.717) is 13.0 Å². The highest BCUT2D eigenvalue weighted by Crippen LogP contribution is 2.22. The van der Waals surface area contributed by atoms with Gasteiger partial charge in [-0.2, -0.15) is 5.10 Å². The monoisotopic (exact) mass is 279 g/mol. The van der Waals surface area contributed by atoms with Crippen molar-refractivity contribution in [3.05, 3.63) is 40.3 Å². The van der Waals surface area contributed by atoms with Crippen LogP contribution in [-0.4, -0.2) is 22.9 Å². The fourth-order valence-corrected chi connectivity index (χ4v) is 2.62. The van der Waals surface area contributed by atoms with E-state index >= 15 is 0 Å². The Labute approximate surface area is 116 Å². The van der Waals surface area contributed by atoms with Crippen molar-refractivity contribution in [2.75, 3.05) is 7.11 Å². The molecule has 0 aliphatic heterocycles. The molecule has 0 radical (unpaired) electrons. The predicted octanol–water partition coefficient (Wildman–Crippen LogP) is 1.88. The van der Waals surface area contributed by atoms with Crippen LogP contribution in [-0.2, 0) is 23.1 Å². The number of esters is 1. The van der Waals surface area contributed by atoms with Gasteiger partial charge in [-0.1, -0.05) is 6.07 Å². The molecule has 2 aromatic rings. The molecule has 0 saturated heterocycles. The second-order valence-electron chi connectivity index (χ2n) is 4.25. The number of hydrogen-bond acceptors (Lipinski definition) is 5. The molecular formula is C13H17N3O2S. The molecule has 0 spiro atoms. The number of carbonyl (C=O) groups is 1. The molecule has 0 saturated carbocycles. The van der Waals surface area contributed by atoms with Gasteiger partial charge in [-0.05, 0) is 11.4 Å². The lowest BCUT2D eigenvalue weighted by Crippen LogP contribution is -2.23. The summed E-state index contributed by atoms with van der Waals surface area (Å²) in [6, 6.07) is 3.98. The second-order valence-corrected chi connectivity index (χ2v) is 5.23. The first-order valence-corrected chi connectivity index (χ1v) is 6.88. The van der Waals surface area contributed by atoms with Gasteiger partial charge in [0.05, 0.1) is 25.8 Å². The summed E-state index contributed by atoms with van der Waals surface area (Å²) in [4.78, 5) is 12.6. The van der Waals surface area contributed by atoms with E-state index in [4.69, 9.17) is 4.74 Å². The Morgan fingerprint density at radius 2 is 2.47 bits per heavy atom. The Morgan fingerprint density at radius 1 is 1.63 bits per heavy atom. The summed E-state index contributed by atoms with van der Waals surface area (Å²) in [6.07, 6.45) is 4.10. The molecule has 0 aliphatic rings. The minimum Gasteiger partial charge on any atom is -0.469 e. The second kappa shape index (κ2) is 6.49. The van der Waals surface area contributed by atoms with Crippen LogP contribution in [0.3, 0.4) is 0 Å². The fraction of sp³-hybridized carbons (Fsp3) is 0.385. The topological polar surface area (TPSA) is 56.1 Å². The third-order valence-corrected chi connectivity index (χ3v) is 3.78. The van der Waals surface area contributed by atoms with Gasteiger partial charge in [-0.25, -0.2) is 0 Å². The van der Waals surface area contributed by atoms with Crippen LogP contribution < -0.4 is 5.32 Å². The number of ether oxygens (including phenoxy) is 1. The lowest BCUT2D eigenvalue weighted by Gasteiger charge is -2.15. The number of aromatic nitrogens is 2. The van der Waals surface area contributed by atoms with Crippen molar-refractivity contribution in [3.63, 3.8) is 0 Å². The Hall–Kier alpha value is -1.66. The highest BCUT2D eigenvalue weighted by atomic mass is 32.1. The molecule has 0 fully saturated rings. The van der Waals surface area contributed by atoms with Crippen molar-refractivity contribution in [3.8, 4) is 0 Å². The van der Waals surface area contributed by atoms with Crippen LogP contribution >= 0.6 is 11.3 Å². The fourth-order valence-electron chi connectivity index (χ4n) is 1.82. The van der Waals surface area contributed by atoms with Crippen molar-refractivity contribution >= 4 is 17.3 Å². The lowest BCUT2D eigenvalue weighted by atomic mass is 10.1. The van der Waals surface area contributed by atoms with Crippen molar-refractivity contribution in [2.45, 2.75) is 19.0 Å². The molecule has 0 aliphatic carbocycles. The average molecular weight is 279 g/mol. The van der Waals surface area contributed by atoms with Gasteiger partial charge in [-0.15, -0.1) is 11.3 Å². The maximum Gasteiger partial charge on any atom is 0.307 e. The van der Waals surface area contributed by atoms with E-state index in [2.05, 4.69) is 10.4 Å². The number of rotatable bonds is 6. The summed E-state index contributed by atoms with van der Waals surface area (Å²) in [5.74, 6) is -0.211. The van der Waals surface area contributed by atoms with Gasteiger partial charge < -0.3 is 10.1 Å². The molecule has 1 atom stereocenters. The molecule has 5 nitrogen and oxygen atoms in total. The largest absolute Gasteiger partial charge is 0.469 e. The van der Waals surface area contributed by atoms with E-state index < -0.39 is 0 Å². The average Bonchev–Trinajstić information content (AvgIpc) is 3.05. The summed E-state index contributed by atoms with van der Waals surface area (Å²) >= 11 is 1.63. The van der Waals surface area contributed by atoms with Gasteiger partial charge in [0.1, 0.15) is 0 Å². The van der Waals surface area contributed by atoms with Gasteiger partial charge in [0.2, 0.25) is 0 Å². The maximum atomic E-state index is 11.5. The number of nitrogens with zero attached hydrogens (tertiary/aromatic N) is 2. The van der Waals surface area contributed by atoms with Gasteiger partial charge in [0, 0.05) is 30.2 Å². The Balaban J connectivity index is 1.99. The zero-order valence-corrected chi connectivity index (χ0v) is 11.8. The predicted molar refractivity (Wildman–Crippen MR) is 73.7 cm³/mol. The van der Waals surface area contributed by atoms with Gasteiger partial charge in [0.25, 0.3) is 0 Å². The number of carbonyl (C=O) groups excluding carboxylic acids is 1. The summed E-state index contributed by atoms with van der Waals surface area (Å²) < 4.78 is 6.51. The van der Waals surface area contributed by atoms with Crippen LogP contribution in [0, 0.1) is 0 Å². The molecule has 2 aromatic heterocycles. The molecule has 2 heterocycles. The molecule has 0 amide bonds. The van der Waals surface area contributed by atoms with E-state index in [0.717, 1.165) is 10.4 Å². The smallest absolute Gasteiger partial charge is 0.307 e. The van der Waals surface area contributed by atoms with Gasteiger partial charge in [-0.3, -0.25) is 9.48 Å². The van der Waals surface area contributed by atoms with Crippen molar-refractivity contribution in [2.24, 2.45) is 7.05 Å². The van der Waals surface area contributed by atoms with Gasteiger partial charge in [0.15, 0.2) is 0 Å². The van der Waals surface area contributed by atoms with E-state index in [9.17, 15) is 4.79 Å². The molecule has 0 aromatic carbocycles. The Kier molecular flexibility index (Phi) is 4.70. The third kappa shape index (κ3) is 3.90. The summed E-state index contributed by atoms with van der Waals surface area (Å²) in [7, 11) is 3.30. The summed E-state index contributed by atoms with van der Waals surface area (Å²) in [5.41, 5.74) is 1.09. The number of hydrogen-bond donors (Lipinski definition) is 1. The standard InChI is InChI=1S/C13H17N3O2S/c1-16-9-10(8-15-16)7-14-11(6-13(17)18-2)12-4-3-5-19-12/h3-5,8-9,11,14H,6-7H2,1-2H3. The van der Waals surface area contributed by atoms with Crippen LogP contribution in [0.1, 0.15) is 22.9 Å². The third-order valence-electron chi connectivity index (χ3n) is 2.80. The van der Waals surface area contributed by atoms with E-state index in [1.165, 1.54) is 7.11 Å². The molecule has 19 heavy (non-hydrogen) atoms. The highest BCUT2D eigenvalue weighted by Gasteiger charge is 2.17. The first-order chi connectivity index (χ1) is 9.19. The molecule has 0 bridgehead atoms. The van der Waals surface area contributed by atoms with Crippen molar-refractivity contribution in [1.29, 1.82) is 0 Å². The molecular weight excluding hydrogens is 262 g/mol. The SMILES string of the molecule is COC(=O)CC(NCc1cnn(C)c1)c1cccs1. The first kappa shape index (κ1) is 13.8. The van der Waals surface area contributed by atoms with E-state index in [-0.39, 0.29) is 12.0 Å². The normalized spacial score (nSPS) is 12.3. The maximum absolute atomic E-state index is 11.5. The number of thiophene rings is 1. The van der Waals surface area contributed by atoms with E-state index in [1.54, 1.807) is 16.0 Å².